The molecule has 1 fully saturated rings. The quantitative estimate of drug-likeness (QED) is 0.546. The summed E-state index contributed by atoms with van der Waals surface area (Å²) in [5.74, 6) is -2.22. The standard InChI is InChI=1S/C21H26F2/c1-14-16-7-5-6-8-17(16)18(13-19(14)20(2,3)4)15-9-11-21(22,23)12-10-15/h5-8,13,15H,9-12H2,1-4H3. The van der Waals surface area contributed by atoms with Gasteiger partial charge in [-0.05, 0) is 58.6 Å². The van der Waals surface area contributed by atoms with Gasteiger partial charge in [0.2, 0.25) is 5.92 Å². The van der Waals surface area contributed by atoms with Crippen molar-refractivity contribution >= 4 is 10.8 Å². The van der Waals surface area contributed by atoms with Crippen molar-refractivity contribution in [3.05, 3.63) is 47.0 Å². The zero-order valence-corrected chi connectivity index (χ0v) is 14.5. The Bertz CT molecular complexity index is 712. The number of halogens is 2. The van der Waals surface area contributed by atoms with E-state index in [0.717, 1.165) is 0 Å². The van der Waals surface area contributed by atoms with E-state index in [4.69, 9.17) is 0 Å². The molecule has 0 bridgehead atoms. The monoisotopic (exact) mass is 316 g/mol. The fourth-order valence-electron chi connectivity index (χ4n) is 4.02. The predicted molar refractivity (Wildman–Crippen MR) is 93.5 cm³/mol. The maximum Gasteiger partial charge on any atom is 0.248 e. The summed E-state index contributed by atoms with van der Waals surface area (Å²) >= 11 is 0. The largest absolute Gasteiger partial charge is 0.248 e. The molecule has 0 nitrogen and oxygen atoms in total. The van der Waals surface area contributed by atoms with Crippen LogP contribution >= 0.6 is 0 Å². The molecule has 0 unspecified atom stereocenters. The molecule has 0 N–H and O–H groups in total. The normalized spacial score (nSPS) is 19.2. The van der Waals surface area contributed by atoms with Gasteiger partial charge in [-0.25, -0.2) is 8.78 Å². The van der Waals surface area contributed by atoms with E-state index in [9.17, 15) is 8.78 Å². The molecule has 0 aliphatic heterocycles. The summed E-state index contributed by atoms with van der Waals surface area (Å²) < 4.78 is 27.1. The Labute approximate surface area is 137 Å². The molecular weight excluding hydrogens is 290 g/mol. The zero-order valence-electron chi connectivity index (χ0n) is 14.5. The Kier molecular flexibility index (Phi) is 3.98. The first kappa shape index (κ1) is 16.4. The minimum Gasteiger partial charge on any atom is -0.207 e. The van der Waals surface area contributed by atoms with Crippen LogP contribution in [0.3, 0.4) is 0 Å². The molecule has 2 aromatic rings. The Morgan fingerprint density at radius 1 is 1.00 bits per heavy atom. The molecule has 1 saturated carbocycles. The van der Waals surface area contributed by atoms with Crippen LogP contribution in [0.1, 0.15) is 69.1 Å². The Morgan fingerprint density at radius 2 is 1.57 bits per heavy atom. The molecule has 3 rings (SSSR count). The molecule has 1 aliphatic rings. The lowest BCUT2D eigenvalue weighted by atomic mass is 9.75. The van der Waals surface area contributed by atoms with Crippen molar-refractivity contribution in [1.82, 2.24) is 0 Å². The summed E-state index contributed by atoms with van der Waals surface area (Å²) in [6.45, 7) is 8.86. The van der Waals surface area contributed by atoms with E-state index in [1.807, 2.05) is 0 Å². The van der Waals surface area contributed by atoms with E-state index in [1.165, 1.54) is 27.5 Å². The van der Waals surface area contributed by atoms with Gasteiger partial charge in [-0.3, -0.25) is 0 Å². The summed E-state index contributed by atoms with van der Waals surface area (Å²) in [4.78, 5) is 0. The fourth-order valence-corrected chi connectivity index (χ4v) is 4.02. The first-order chi connectivity index (χ1) is 10.7. The Hall–Kier alpha value is -1.44. The molecule has 0 atom stereocenters. The predicted octanol–water partition coefficient (Wildman–Crippen LogP) is 6.74. The van der Waals surface area contributed by atoms with E-state index in [2.05, 4.69) is 58.0 Å². The molecule has 124 valence electrons. The summed E-state index contributed by atoms with van der Waals surface area (Å²) in [7, 11) is 0. The van der Waals surface area contributed by atoms with Gasteiger partial charge in [0.25, 0.3) is 0 Å². The highest BCUT2D eigenvalue weighted by Gasteiger charge is 2.36. The van der Waals surface area contributed by atoms with Crippen LogP contribution in [-0.4, -0.2) is 5.92 Å². The molecular formula is C21H26F2. The second-order valence-corrected chi connectivity index (χ2v) is 8.06. The number of rotatable bonds is 1. The second-order valence-electron chi connectivity index (χ2n) is 8.06. The molecule has 0 aromatic heterocycles. The first-order valence-electron chi connectivity index (χ1n) is 8.59. The van der Waals surface area contributed by atoms with Crippen molar-refractivity contribution in [2.24, 2.45) is 0 Å². The molecule has 0 saturated heterocycles. The number of alkyl halides is 2. The topological polar surface area (TPSA) is 0 Å². The lowest BCUT2D eigenvalue weighted by molar-refractivity contribution is -0.0381. The SMILES string of the molecule is Cc1c(C(C)(C)C)cc(C2CCC(F)(F)CC2)c2ccccc12. The highest BCUT2D eigenvalue weighted by atomic mass is 19.3. The van der Waals surface area contributed by atoms with Crippen molar-refractivity contribution in [2.75, 3.05) is 0 Å². The van der Waals surface area contributed by atoms with Crippen LogP contribution in [0.5, 0.6) is 0 Å². The third-order valence-electron chi connectivity index (χ3n) is 5.31. The molecule has 0 heterocycles. The molecule has 0 spiro atoms. The van der Waals surface area contributed by atoms with Crippen molar-refractivity contribution in [3.63, 3.8) is 0 Å². The second kappa shape index (κ2) is 5.58. The van der Waals surface area contributed by atoms with Gasteiger partial charge in [0, 0.05) is 12.8 Å². The molecule has 0 amide bonds. The van der Waals surface area contributed by atoms with Crippen molar-refractivity contribution in [3.8, 4) is 0 Å². The molecule has 1 aliphatic carbocycles. The van der Waals surface area contributed by atoms with Crippen LogP contribution in [0, 0.1) is 6.92 Å². The van der Waals surface area contributed by atoms with Gasteiger partial charge in [-0.1, -0.05) is 51.1 Å². The van der Waals surface area contributed by atoms with Crippen LogP contribution in [0.15, 0.2) is 30.3 Å². The third-order valence-corrected chi connectivity index (χ3v) is 5.31. The smallest absolute Gasteiger partial charge is 0.207 e. The average molecular weight is 316 g/mol. The highest BCUT2D eigenvalue weighted by molar-refractivity contribution is 5.90. The maximum atomic E-state index is 13.5. The number of hydrogen-bond donors (Lipinski definition) is 0. The van der Waals surface area contributed by atoms with Crippen LogP contribution < -0.4 is 0 Å². The minimum absolute atomic E-state index is 0.0186. The third kappa shape index (κ3) is 3.13. The van der Waals surface area contributed by atoms with E-state index in [1.54, 1.807) is 0 Å². The van der Waals surface area contributed by atoms with Crippen molar-refractivity contribution in [1.29, 1.82) is 0 Å². The van der Waals surface area contributed by atoms with E-state index >= 15 is 0 Å². The van der Waals surface area contributed by atoms with Gasteiger partial charge >= 0.3 is 0 Å². The van der Waals surface area contributed by atoms with Gasteiger partial charge in [0.15, 0.2) is 0 Å². The molecule has 0 radical (unpaired) electrons. The molecule has 2 heteroatoms. The summed E-state index contributed by atoms with van der Waals surface area (Å²) in [6.07, 6.45) is 1.21. The molecule has 2 aromatic carbocycles. The number of fused-ring (bicyclic) bond motifs is 1. The number of aryl methyl sites for hydroxylation is 1. The van der Waals surface area contributed by atoms with Gasteiger partial charge in [0.1, 0.15) is 0 Å². The average Bonchev–Trinajstić information content (AvgIpc) is 2.47. The van der Waals surface area contributed by atoms with Crippen molar-refractivity contribution in [2.45, 2.75) is 70.6 Å². The van der Waals surface area contributed by atoms with E-state index in [-0.39, 0.29) is 24.2 Å². The summed E-state index contributed by atoms with van der Waals surface area (Å²) in [5.41, 5.74) is 3.98. The van der Waals surface area contributed by atoms with Crippen molar-refractivity contribution < 1.29 is 8.78 Å². The van der Waals surface area contributed by atoms with Crippen LogP contribution in [0.25, 0.3) is 10.8 Å². The zero-order chi connectivity index (χ0) is 16.8. The Morgan fingerprint density at radius 3 is 2.13 bits per heavy atom. The van der Waals surface area contributed by atoms with E-state index in [0.29, 0.717) is 12.8 Å². The van der Waals surface area contributed by atoms with Gasteiger partial charge in [0.05, 0.1) is 0 Å². The Balaban J connectivity index is 2.14. The maximum absolute atomic E-state index is 13.5. The van der Waals surface area contributed by atoms with Crippen LogP contribution in [0.4, 0.5) is 8.78 Å². The number of hydrogen-bond acceptors (Lipinski definition) is 0. The van der Waals surface area contributed by atoms with Gasteiger partial charge < -0.3 is 0 Å². The van der Waals surface area contributed by atoms with Gasteiger partial charge in [-0.2, -0.15) is 0 Å². The molecule has 23 heavy (non-hydrogen) atoms. The minimum atomic E-state index is -2.47. The summed E-state index contributed by atoms with van der Waals surface area (Å²) in [6, 6.07) is 10.7. The summed E-state index contributed by atoms with van der Waals surface area (Å²) in [5, 5.41) is 2.51. The highest BCUT2D eigenvalue weighted by Crippen LogP contribution is 2.44. The fraction of sp³-hybridized carbons (Fsp3) is 0.524. The van der Waals surface area contributed by atoms with Crippen LogP contribution in [0.2, 0.25) is 0 Å². The van der Waals surface area contributed by atoms with Gasteiger partial charge in [-0.15, -0.1) is 0 Å². The lowest BCUT2D eigenvalue weighted by Crippen LogP contribution is -2.24. The first-order valence-corrected chi connectivity index (χ1v) is 8.59. The van der Waals surface area contributed by atoms with Crippen LogP contribution in [-0.2, 0) is 5.41 Å². The lowest BCUT2D eigenvalue weighted by Gasteiger charge is -2.31. The van der Waals surface area contributed by atoms with E-state index < -0.39 is 5.92 Å². The number of benzene rings is 2.